The molecule has 0 aliphatic carbocycles. The maximum absolute atomic E-state index is 13.6. The summed E-state index contributed by atoms with van der Waals surface area (Å²) in [7, 11) is 0. The third-order valence-electron chi connectivity index (χ3n) is 3.95. The van der Waals surface area contributed by atoms with Crippen LogP contribution < -0.4 is 5.32 Å². The van der Waals surface area contributed by atoms with E-state index in [1.54, 1.807) is 17.0 Å². The fourth-order valence-electron chi connectivity index (χ4n) is 2.77. The quantitative estimate of drug-likeness (QED) is 0.770. The Morgan fingerprint density at radius 1 is 1.20 bits per heavy atom. The highest BCUT2D eigenvalue weighted by molar-refractivity contribution is 5.94. The van der Waals surface area contributed by atoms with Crippen LogP contribution in [0.4, 0.5) is 8.78 Å². The van der Waals surface area contributed by atoms with Gasteiger partial charge in [0.2, 0.25) is 0 Å². The molecule has 0 fully saturated rings. The third-order valence-corrected chi connectivity index (χ3v) is 3.95. The van der Waals surface area contributed by atoms with E-state index in [4.69, 9.17) is 4.42 Å². The molecule has 1 aromatic carbocycles. The number of rotatable bonds is 5. The molecule has 25 heavy (non-hydrogen) atoms. The van der Waals surface area contributed by atoms with Gasteiger partial charge in [0.15, 0.2) is 0 Å². The molecule has 0 atom stereocenters. The van der Waals surface area contributed by atoms with Crippen molar-refractivity contribution in [3.63, 3.8) is 0 Å². The molecule has 130 valence electrons. The van der Waals surface area contributed by atoms with Crippen LogP contribution in [0.5, 0.6) is 0 Å². The van der Waals surface area contributed by atoms with Crippen LogP contribution in [0.2, 0.25) is 0 Å². The van der Waals surface area contributed by atoms with Gasteiger partial charge >= 0.3 is 0 Å². The summed E-state index contributed by atoms with van der Waals surface area (Å²) in [5, 5.41) is 6.94. The van der Waals surface area contributed by atoms with Crippen LogP contribution in [0.3, 0.4) is 0 Å². The van der Waals surface area contributed by atoms with Gasteiger partial charge in [0, 0.05) is 12.2 Å². The van der Waals surface area contributed by atoms with E-state index in [1.165, 1.54) is 6.07 Å². The van der Waals surface area contributed by atoms with E-state index in [0.717, 1.165) is 34.8 Å². The standard InChI is InChI=1S/C18H17F2N3O2/c1-11-16(15-7-4-10-25-15)12(2)23(22-11)9-8-21-18(24)17-13(19)5-3-6-14(17)20/h3-7,10H,8-9H2,1-2H3,(H,21,24). The molecule has 0 saturated carbocycles. The highest BCUT2D eigenvalue weighted by Crippen LogP contribution is 2.27. The van der Waals surface area contributed by atoms with Crippen LogP contribution in [0.25, 0.3) is 11.3 Å². The van der Waals surface area contributed by atoms with Gasteiger partial charge in [0.05, 0.1) is 24.1 Å². The number of aromatic nitrogens is 2. The number of carbonyl (C=O) groups is 1. The molecule has 0 aliphatic rings. The lowest BCUT2D eigenvalue weighted by atomic mass is 10.1. The first-order chi connectivity index (χ1) is 12.0. The van der Waals surface area contributed by atoms with Gasteiger partial charge in [-0.2, -0.15) is 5.10 Å². The van der Waals surface area contributed by atoms with Gasteiger partial charge in [-0.15, -0.1) is 0 Å². The van der Waals surface area contributed by atoms with Crippen LogP contribution in [0, 0.1) is 25.5 Å². The number of nitrogens with zero attached hydrogens (tertiary/aromatic N) is 2. The fourth-order valence-corrected chi connectivity index (χ4v) is 2.77. The van der Waals surface area contributed by atoms with Crippen molar-refractivity contribution < 1.29 is 18.0 Å². The zero-order valence-electron chi connectivity index (χ0n) is 13.8. The summed E-state index contributed by atoms with van der Waals surface area (Å²) in [6, 6.07) is 6.97. The number of hydrogen-bond donors (Lipinski definition) is 1. The summed E-state index contributed by atoms with van der Waals surface area (Å²) >= 11 is 0. The number of carbonyl (C=O) groups excluding carboxylic acids is 1. The minimum Gasteiger partial charge on any atom is -0.464 e. The first-order valence-electron chi connectivity index (χ1n) is 7.79. The Hall–Kier alpha value is -2.96. The summed E-state index contributed by atoms with van der Waals surface area (Å²) in [5.41, 5.74) is 2.02. The molecule has 0 unspecified atom stereocenters. The topological polar surface area (TPSA) is 60.1 Å². The molecule has 5 nitrogen and oxygen atoms in total. The highest BCUT2D eigenvalue weighted by atomic mass is 19.1. The molecule has 0 spiro atoms. The number of furan rings is 1. The van der Waals surface area contributed by atoms with Crippen molar-refractivity contribution in [1.82, 2.24) is 15.1 Å². The SMILES string of the molecule is Cc1nn(CCNC(=O)c2c(F)cccc2F)c(C)c1-c1ccco1. The third kappa shape index (κ3) is 3.31. The molecule has 2 aromatic heterocycles. The highest BCUT2D eigenvalue weighted by Gasteiger charge is 2.18. The zero-order chi connectivity index (χ0) is 18.0. The van der Waals surface area contributed by atoms with Crippen LogP contribution >= 0.6 is 0 Å². The average Bonchev–Trinajstić information content (AvgIpc) is 3.16. The molecule has 1 N–H and O–H groups in total. The molecular formula is C18H17F2N3O2. The van der Waals surface area contributed by atoms with Crippen LogP contribution in [-0.2, 0) is 6.54 Å². The second-order valence-electron chi connectivity index (χ2n) is 5.60. The molecule has 0 aliphatic heterocycles. The predicted molar refractivity (Wildman–Crippen MR) is 88.1 cm³/mol. The van der Waals surface area contributed by atoms with Crippen LogP contribution in [0.15, 0.2) is 41.0 Å². The Bertz CT molecular complexity index is 881. The van der Waals surface area contributed by atoms with Crippen molar-refractivity contribution in [2.75, 3.05) is 6.54 Å². The second-order valence-corrected chi connectivity index (χ2v) is 5.60. The van der Waals surface area contributed by atoms with Gasteiger partial charge in [-0.1, -0.05) is 6.07 Å². The Morgan fingerprint density at radius 2 is 1.92 bits per heavy atom. The number of nitrogens with one attached hydrogen (secondary N) is 1. The molecule has 0 bridgehead atoms. The summed E-state index contributed by atoms with van der Waals surface area (Å²) in [6.07, 6.45) is 1.59. The maximum Gasteiger partial charge on any atom is 0.257 e. The minimum absolute atomic E-state index is 0.187. The lowest BCUT2D eigenvalue weighted by Gasteiger charge is -2.08. The van der Waals surface area contributed by atoms with Gasteiger partial charge in [-0.25, -0.2) is 8.78 Å². The largest absolute Gasteiger partial charge is 0.464 e. The average molecular weight is 345 g/mol. The Labute approximate surface area is 143 Å². The summed E-state index contributed by atoms with van der Waals surface area (Å²) in [6.45, 7) is 4.33. The fraction of sp³-hybridized carbons (Fsp3) is 0.222. The van der Waals surface area contributed by atoms with Gasteiger partial charge < -0.3 is 9.73 Å². The van der Waals surface area contributed by atoms with E-state index in [-0.39, 0.29) is 6.54 Å². The van der Waals surface area contributed by atoms with Crippen molar-refractivity contribution in [3.05, 3.63) is 65.2 Å². The van der Waals surface area contributed by atoms with E-state index in [0.29, 0.717) is 6.54 Å². The molecular weight excluding hydrogens is 328 g/mol. The van der Waals surface area contributed by atoms with Gasteiger partial charge in [0.25, 0.3) is 5.91 Å². The van der Waals surface area contributed by atoms with Crippen molar-refractivity contribution in [2.45, 2.75) is 20.4 Å². The summed E-state index contributed by atoms with van der Waals surface area (Å²) in [5.74, 6) is -1.84. The summed E-state index contributed by atoms with van der Waals surface area (Å²) in [4.78, 5) is 12.0. The van der Waals surface area contributed by atoms with Crippen LogP contribution in [0.1, 0.15) is 21.7 Å². The molecule has 0 saturated heterocycles. The molecule has 7 heteroatoms. The monoisotopic (exact) mass is 345 g/mol. The van der Waals surface area contributed by atoms with Gasteiger partial charge in [-0.05, 0) is 38.1 Å². The lowest BCUT2D eigenvalue weighted by molar-refractivity contribution is 0.0943. The molecule has 3 rings (SSSR count). The number of hydrogen-bond acceptors (Lipinski definition) is 3. The molecule has 1 amide bonds. The molecule has 2 heterocycles. The Kier molecular flexibility index (Phi) is 4.65. The first kappa shape index (κ1) is 16.9. The maximum atomic E-state index is 13.6. The summed E-state index contributed by atoms with van der Waals surface area (Å²) < 4.78 is 34.3. The van der Waals surface area contributed by atoms with E-state index in [9.17, 15) is 13.6 Å². The van der Waals surface area contributed by atoms with E-state index in [2.05, 4.69) is 10.4 Å². The van der Waals surface area contributed by atoms with Crippen molar-refractivity contribution in [1.29, 1.82) is 0 Å². The van der Waals surface area contributed by atoms with Crippen LogP contribution in [-0.4, -0.2) is 22.2 Å². The predicted octanol–water partition coefficient (Wildman–Crippen LogP) is 3.47. The van der Waals surface area contributed by atoms with Crippen molar-refractivity contribution >= 4 is 5.91 Å². The number of aryl methyl sites for hydroxylation is 1. The number of amides is 1. The Morgan fingerprint density at radius 3 is 2.56 bits per heavy atom. The minimum atomic E-state index is -0.885. The second kappa shape index (κ2) is 6.88. The number of benzene rings is 1. The zero-order valence-corrected chi connectivity index (χ0v) is 13.8. The van der Waals surface area contributed by atoms with Gasteiger partial charge in [0.1, 0.15) is 23.0 Å². The lowest BCUT2D eigenvalue weighted by Crippen LogP contribution is -2.29. The van der Waals surface area contributed by atoms with E-state index in [1.807, 2.05) is 19.9 Å². The van der Waals surface area contributed by atoms with Gasteiger partial charge in [-0.3, -0.25) is 9.48 Å². The smallest absolute Gasteiger partial charge is 0.257 e. The van der Waals surface area contributed by atoms with E-state index >= 15 is 0 Å². The first-order valence-corrected chi connectivity index (χ1v) is 7.79. The normalized spacial score (nSPS) is 10.9. The Balaban J connectivity index is 1.69. The molecule has 3 aromatic rings. The van der Waals surface area contributed by atoms with E-state index < -0.39 is 23.1 Å². The van der Waals surface area contributed by atoms with Crippen molar-refractivity contribution in [2.24, 2.45) is 0 Å². The number of halogens is 2. The van der Waals surface area contributed by atoms with Crippen molar-refractivity contribution in [3.8, 4) is 11.3 Å². The molecule has 0 radical (unpaired) electrons.